The average molecular weight is 332 g/mol. The van der Waals surface area contributed by atoms with E-state index in [9.17, 15) is 10.1 Å². The minimum absolute atomic E-state index is 0.0517. The zero-order chi connectivity index (χ0) is 13.3. The fraction of sp³-hybridized carbons (Fsp3) is 0.100. The van der Waals surface area contributed by atoms with Gasteiger partial charge < -0.3 is 10.6 Å². The Balaban J connectivity index is 2.48. The van der Waals surface area contributed by atoms with E-state index < -0.39 is 10.5 Å². The first kappa shape index (κ1) is 12.8. The summed E-state index contributed by atoms with van der Waals surface area (Å²) in [6.07, 6.45) is 3.10. The molecular formula is C10H8BrClN4O2. The van der Waals surface area contributed by atoms with E-state index in [4.69, 9.17) is 17.3 Å². The molecule has 0 bridgehead atoms. The van der Waals surface area contributed by atoms with Gasteiger partial charge in [0.2, 0.25) is 5.62 Å². The van der Waals surface area contributed by atoms with Crippen LogP contribution in [0.15, 0.2) is 39.9 Å². The predicted octanol–water partition coefficient (Wildman–Crippen LogP) is 2.57. The van der Waals surface area contributed by atoms with Gasteiger partial charge in [-0.25, -0.2) is 4.99 Å². The van der Waals surface area contributed by atoms with Crippen LogP contribution in [0.25, 0.3) is 0 Å². The molecule has 1 aliphatic heterocycles. The van der Waals surface area contributed by atoms with Crippen molar-refractivity contribution in [1.29, 1.82) is 0 Å². The summed E-state index contributed by atoms with van der Waals surface area (Å²) in [5.41, 5.74) is 5.00. The minimum Gasteiger partial charge on any atom is -0.384 e. The number of nitrogens with zero attached hydrogens (tertiary/aromatic N) is 3. The summed E-state index contributed by atoms with van der Waals surface area (Å²) in [6, 6.07) is 4.60. The van der Waals surface area contributed by atoms with Crippen molar-refractivity contribution in [3.8, 4) is 0 Å². The number of nitro benzene ring substituents is 1. The molecule has 1 atom stereocenters. The number of nitrogens with two attached hydrogens (primary N) is 1. The first-order valence-corrected chi connectivity index (χ1v) is 6.10. The highest BCUT2D eigenvalue weighted by Crippen LogP contribution is 2.34. The normalized spacial score (nSPS) is 18.7. The number of halogens is 2. The van der Waals surface area contributed by atoms with Gasteiger partial charge in [-0.2, -0.15) is 0 Å². The Morgan fingerprint density at radius 2 is 2.28 bits per heavy atom. The van der Waals surface area contributed by atoms with Gasteiger partial charge in [0.1, 0.15) is 11.5 Å². The monoisotopic (exact) mass is 330 g/mol. The molecule has 94 valence electrons. The smallest absolute Gasteiger partial charge is 0.293 e. The number of hydrogen-bond donors (Lipinski definition) is 1. The van der Waals surface area contributed by atoms with Gasteiger partial charge in [-0.3, -0.25) is 10.1 Å². The van der Waals surface area contributed by atoms with Gasteiger partial charge >= 0.3 is 0 Å². The number of benzene rings is 1. The van der Waals surface area contributed by atoms with Crippen molar-refractivity contribution >= 4 is 44.7 Å². The van der Waals surface area contributed by atoms with Crippen LogP contribution in [0.3, 0.4) is 0 Å². The second kappa shape index (κ2) is 4.95. The van der Waals surface area contributed by atoms with Crippen LogP contribution < -0.4 is 10.6 Å². The van der Waals surface area contributed by atoms with Crippen LogP contribution in [-0.4, -0.2) is 16.4 Å². The molecule has 0 aliphatic carbocycles. The summed E-state index contributed by atoms with van der Waals surface area (Å²) in [5.74, 6) is 0.281. The van der Waals surface area contributed by atoms with E-state index in [1.165, 1.54) is 17.0 Å². The summed E-state index contributed by atoms with van der Waals surface area (Å²) in [6.45, 7) is 0. The lowest BCUT2D eigenvalue weighted by atomic mass is 10.2. The maximum Gasteiger partial charge on any atom is 0.293 e. The van der Waals surface area contributed by atoms with Crippen LogP contribution in [0, 0.1) is 10.1 Å². The van der Waals surface area contributed by atoms with E-state index in [0.29, 0.717) is 10.2 Å². The molecule has 1 aliphatic rings. The number of nitro groups is 1. The molecule has 1 aromatic carbocycles. The molecule has 18 heavy (non-hydrogen) atoms. The summed E-state index contributed by atoms with van der Waals surface area (Å²) in [7, 11) is 0. The van der Waals surface area contributed by atoms with Crippen LogP contribution in [0.2, 0.25) is 0 Å². The summed E-state index contributed by atoms with van der Waals surface area (Å²) in [4.78, 5) is 15.9. The van der Waals surface area contributed by atoms with Gasteiger partial charge in [0, 0.05) is 16.7 Å². The Morgan fingerprint density at radius 3 is 2.89 bits per heavy atom. The molecule has 0 amide bonds. The molecule has 0 spiro atoms. The molecule has 0 aromatic heterocycles. The molecular weight excluding hydrogens is 323 g/mol. The van der Waals surface area contributed by atoms with E-state index in [1.54, 1.807) is 18.3 Å². The highest BCUT2D eigenvalue weighted by Gasteiger charge is 2.24. The van der Waals surface area contributed by atoms with E-state index in [-0.39, 0.29) is 11.5 Å². The third kappa shape index (κ3) is 2.46. The van der Waals surface area contributed by atoms with Gasteiger partial charge in [0.25, 0.3) is 5.69 Å². The van der Waals surface area contributed by atoms with Gasteiger partial charge in [-0.1, -0.05) is 27.5 Å². The van der Waals surface area contributed by atoms with Crippen molar-refractivity contribution in [2.75, 3.05) is 4.90 Å². The van der Waals surface area contributed by atoms with Crippen molar-refractivity contribution in [2.24, 2.45) is 10.7 Å². The molecule has 6 nitrogen and oxygen atoms in total. The van der Waals surface area contributed by atoms with Crippen molar-refractivity contribution < 1.29 is 4.92 Å². The largest absolute Gasteiger partial charge is 0.384 e. The van der Waals surface area contributed by atoms with Crippen LogP contribution in [0.4, 0.5) is 11.4 Å². The van der Waals surface area contributed by atoms with Crippen LogP contribution in [-0.2, 0) is 0 Å². The van der Waals surface area contributed by atoms with E-state index in [0.717, 1.165) is 0 Å². The topological polar surface area (TPSA) is 84.8 Å². The standard InChI is InChI=1S/C10H8BrClN4O2/c11-6-1-2-7(16(17)18)8(5-6)15-4-3-9(13)14-10(15)12/h1-5,10H,(H2,13,14). The summed E-state index contributed by atoms with van der Waals surface area (Å²) < 4.78 is 0.711. The number of alkyl halides is 1. The molecule has 0 saturated carbocycles. The van der Waals surface area contributed by atoms with Gasteiger partial charge in [0.15, 0.2) is 0 Å². The molecule has 1 heterocycles. The molecule has 0 fully saturated rings. The molecule has 8 heteroatoms. The first-order valence-electron chi connectivity index (χ1n) is 4.87. The van der Waals surface area contributed by atoms with E-state index in [2.05, 4.69) is 20.9 Å². The van der Waals surface area contributed by atoms with Crippen LogP contribution in [0.5, 0.6) is 0 Å². The number of anilines is 1. The van der Waals surface area contributed by atoms with Crippen LogP contribution >= 0.6 is 27.5 Å². The van der Waals surface area contributed by atoms with E-state index in [1.807, 2.05) is 0 Å². The zero-order valence-electron chi connectivity index (χ0n) is 8.96. The highest BCUT2D eigenvalue weighted by molar-refractivity contribution is 9.10. The summed E-state index contributed by atoms with van der Waals surface area (Å²) >= 11 is 9.28. The Morgan fingerprint density at radius 1 is 1.56 bits per heavy atom. The fourth-order valence-electron chi connectivity index (χ4n) is 1.51. The third-order valence-corrected chi connectivity index (χ3v) is 3.10. The molecule has 1 aromatic rings. The Kier molecular flexibility index (Phi) is 3.53. The molecule has 2 N–H and O–H groups in total. The van der Waals surface area contributed by atoms with E-state index >= 15 is 0 Å². The number of rotatable bonds is 2. The molecule has 1 unspecified atom stereocenters. The molecule has 2 rings (SSSR count). The maximum absolute atomic E-state index is 11.0. The number of hydrogen-bond acceptors (Lipinski definition) is 5. The first-order chi connectivity index (χ1) is 8.49. The molecule has 0 radical (unpaired) electrons. The predicted molar refractivity (Wildman–Crippen MR) is 73.7 cm³/mol. The van der Waals surface area contributed by atoms with Crippen molar-refractivity contribution in [3.63, 3.8) is 0 Å². The van der Waals surface area contributed by atoms with Gasteiger partial charge in [-0.15, -0.1) is 0 Å². The second-order valence-corrected chi connectivity index (χ2v) is 4.78. The second-order valence-electron chi connectivity index (χ2n) is 3.48. The number of aliphatic imine (C=N–C) groups is 1. The SMILES string of the molecule is NC1=NC(Cl)N(c2cc(Br)ccc2[N+](=O)[O-])C=C1. The zero-order valence-corrected chi connectivity index (χ0v) is 11.3. The fourth-order valence-corrected chi connectivity index (χ4v) is 2.14. The maximum atomic E-state index is 11.0. The van der Waals surface area contributed by atoms with Gasteiger partial charge in [-0.05, 0) is 18.2 Å². The molecule has 0 saturated heterocycles. The Bertz CT molecular complexity index is 561. The van der Waals surface area contributed by atoms with Crippen molar-refractivity contribution in [2.45, 2.75) is 5.62 Å². The van der Waals surface area contributed by atoms with Gasteiger partial charge in [0.05, 0.1) is 4.92 Å². The quantitative estimate of drug-likeness (QED) is 0.391. The lowest BCUT2D eigenvalue weighted by Gasteiger charge is -2.25. The lowest BCUT2D eigenvalue weighted by Crippen LogP contribution is -2.31. The summed E-state index contributed by atoms with van der Waals surface area (Å²) in [5, 5.41) is 11.0. The highest BCUT2D eigenvalue weighted by atomic mass is 79.9. The Hall–Kier alpha value is -1.60. The third-order valence-electron chi connectivity index (χ3n) is 2.30. The van der Waals surface area contributed by atoms with Crippen LogP contribution in [0.1, 0.15) is 0 Å². The van der Waals surface area contributed by atoms with Crippen molar-refractivity contribution in [3.05, 3.63) is 45.1 Å². The minimum atomic E-state index is -0.803. The van der Waals surface area contributed by atoms with Crippen molar-refractivity contribution in [1.82, 2.24) is 0 Å². The Labute approximate surface area is 116 Å². The average Bonchev–Trinajstić information content (AvgIpc) is 2.28. The number of amidine groups is 1. The lowest BCUT2D eigenvalue weighted by molar-refractivity contribution is -0.384.